The highest BCUT2D eigenvalue weighted by atomic mass is 35.5. The van der Waals surface area contributed by atoms with Gasteiger partial charge in [-0.3, -0.25) is 4.57 Å². The lowest BCUT2D eigenvalue weighted by atomic mass is 9.96. The van der Waals surface area contributed by atoms with Crippen molar-refractivity contribution in [2.24, 2.45) is 0 Å². The van der Waals surface area contributed by atoms with Crippen LogP contribution in [-0.4, -0.2) is 50.5 Å². The smallest absolute Gasteiger partial charge is 0.167 e. The monoisotopic (exact) mass is 676 g/mol. The van der Waals surface area contributed by atoms with Gasteiger partial charge in [0.15, 0.2) is 17.0 Å². The van der Waals surface area contributed by atoms with E-state index in [0.717, 1.165) is 22.3 Å². The fourth-order valence-corrected chi connectivity index (χ4v) is 6.18. The number of fused-ring (bicyclic) bond motifs is 1. The molecule has 1 aliphatic rings. The molecule has 2 aromatic heterocycles. The normalized spacial score (nSPS) is 20.8. The summed E-state index contributed by atoms with van der Waals surface area (Å²) in [7, 11) is 0. The van der Waals surface area contributed by atoms with E-state index >= 15 is 0 Å². The fraction of sp³-hybridized carbons (Fsp3) is 0.256. The molecule has 10 heteroatoms. The molecular weight excluding hydrogens is 640 g/mol. The predicted octanol–water partition coefficient (Wildman–Crippen LogP) is 7.35. The first-order valence-corrected chi connectivity index (χ1v) is 16.7. The lowest BCUT2D eigenvalue weighted by molar-refractivity contribution is -0.289. The van der Waals surface area contributed by atoms with Gasteiger partial charge in [0.25, 0.3) is 0 Å². The van der Waals surface area contributed by atoms with Crippen LogP contribution in [-0.2, 0) is 50.1 Å². The van der Waals surface area contributed by atoms with E-state index in [1.54, 1.807) is 6.33 Å². The van der Waals surface area contributed by atoms with E-state index in [9.17, 15) is 0 Å². The van der Waals surface area contributed by atoms with Gasteiger partial charge >= 0.3 is 0 Å². The van der Waals surface area contributed by atoms with E-state index in [0.29, 0.717) is 37.6 Å². The van der Waals surface area contributed by atoms with E-state index in [2.05, 4.69) is 15.0 Å². The average Bonchev–Trinajstić information content (AvgIpc) is 3.60. The van der Waals surface area contributed by atoms with Gasteiger partial charge in [0.05, 0.1) is 39.4 Å². The third-order valence-electron chi connectivity index (χ3n) is 8.45. The summed E-state index contributed by atoms with van der Waals surface area (Å²) in [4.78, 5) is 13.2. The van der Waals surface area contributed by atoms with Crippen molar-refractivity contribution in [3.63, 3.8) is 0 Å². The molecule has 3 heterocycles. The Kier molecular flexibility index (Phi) is 11.0. The number of imidazole rings is 1. The molecule has 7 rings (SSSR count). The van der Waals surface area contributed by atoms with Crippen molar-refractivity contribution < 1.29 is 23.7 Å². The summed E-state index contributed by atoms with van der Waals surface area (Å²) in [6.07, 6.45) is 0.00116. The van der Waals surface area contributed by atoms with Crippen LogP contribution in [0.4, 0.5) is 0 Å². The van der Waals surface area contributed by atoms with Gasteiger partial charge in [-0.15, -0.1) is 0 Å². The SMILES string of the molecule is Clc1ncnc2c1ncn2[C@@H]1O[C@H](COCc2ccccc2)[C@@H](OCc2ccccc2)[C@H](OCc2ccccc2)[C@H]1OCc1ccccc1. The van der Waals surface area contributed by atoms with Crippen molar-refractivity contribution in [2.75, 3.05) is 6.61 Å². The van der Waals surface area contributed by atoms with Gasteiger partial charge in [0, 0.05) is 0 Å². The van der Waals surface area contributed by atoms with Crippen molar-refractivity contribution >= 4 is 22.8 Å². The van der Waals surface area contributed by atoms with Gasteiger partial charge in [-0.1, -0.05) is 133 Å². The first-order valence-electron chi connectivity index (χ1n) is 16.3. The molecule has 4 aromatic carbocycles. The van der Waals surface area contributed by atoms with E-state index in [4.69, 9.17) is 35.3 Å². The summed E-state index contributed by atoms with van der Waals surface area (Å²) in [5, 5.41) is 0.255. The summed E-state index contributed by atoms with van der Waals surface area (Å²) in [5.74, 6) is 0. The maximum absolute atomic E-state index is 6.97. The Morgan fingerprint density at radius 2 is 1.06 bits per heavy atom. The van der Waals surface area contributed by atoms with Gasteiger partial charge in [-0.05, 0) is 22.3 Å². The third kappa shape index (κ3) is 8.22. The zero-order valence-corrected chi connectivity index (χ0v) is 27.6. The number of halogens is 1. The molecule has 5 atom stereocenters. The summed E-state index contributed by atoms with van der Waals surface area (Å²) >= 11 is 6.45. The van der Waals surface area contributed by atoms with Crippen LogP contribution >= 0.6 is 11.6 Å². The van der Waals surface area contributed by atoms with Crippen molar-refractivity contribution in [1.82, 2.24) is 19.5 Å². The molecule has 6 aromatic rings. The van der Waals surface area contributed by atoms with Gasteiger partial charge in [0.2, 0.25) is 0 Å². The van der Waals surface area contributed by atoms with E-state index in [1.165, 1.54) is 6.33 Å². The van der Waals surface area contributed by atoms with Crippen LogP contribution in [0.1, 0.15) is 28.5 Å². The minimum atomic E-state index is -0.720. The number of rotatable bonds is 14. The van der Waals surface area contributed by atoms with Gasteiger partial charge in [-0.2, -0.15) is 0 Å². The van der Waals surface area contributed by atoms with Crippen LogP contribution < -0.4 is 0 Å². The fourth-order valence-electron chi connectivity index (χ4n) is 6.00. The summed E-state index contributed by atoms with van der Waals surface area (Å²) in [6, 6.07) is 40.2. The molecule has 0 N–H and O–H groups in total. The van der Waals surface area contributed by atoms with Gasteiger partial charge in [-0.25, -0.2) is 15.0 Å². The highest BCUT2D eigenvalue weighted by Gasteiger charge is 2.49. The van der Waals surface area contributed by atoms with E-state index < -0.39 is 30.6 Å². The Hall–Kier alpha value is -4.48. The molecule has 9 nitrogen and oxygen atoms in total. The van der Waals surface area contributed by atoms with Crippen LogP contribution in [0.15, 0.2) is 134 Å². The minimum absolute atomic E-state index is 0.240. The summed E-state index contributed by atoms with van der Waals surface area (Å²) in [6.45, 7) is 1.66. The number of hydrogen-bond acceptors (Lipinski definition) is 8. The number of hydrogen-bond donors (Lipinski definition) is 0. The second-order valence-corrected chi connectivity index (χ2v) is 12.2. The molecule has 250 valence electrons. The molecular formula is C39H37ClN4O5. The van der Waals surface area contributed by atoms with Crippen molar-refractivity contribution in [2.45, 2.75) is 57.1 Å². The van der Waals surface area contributed by atoms with Crippen LogP contribution in [0, 0.1) is 0 Å². The molecule has 0 radical (unpaired) electrons. The topological polar surface area (TPSA) is 89.8 Å². The summed E-state index contributed by atoms with van der Waals surface area (Å²) < 4.78 is 35.5. The maximum atomic E-state index is 6.97. The van der Waals surface area contributed by atoms with Crippen LogP contribution in [0.5, 0.6) is 0 Å². The Morgan fingerprint density at radius 3 is 1.61 bits per heavy atom. The first-order chi connectivity index (χ1) is 24.2. The average molecular weight is 677 g/mol. The van der Waals surface area contributed by atoms with E-state index in [1.807, 2.05) is 126 Å². The molecule has 0 spiro atoms. The molecule has 1 aliphatic heterocycles. The lowest BCUT2D eigenvalue weighted by Gasteiger charge is -2.46. The Balaban J connectivity index is 1.27. The maximum Gasteiger partial charge on any atom is 0.167 e. The largest absolute Gasteiger partial charge is 0.374 e. The number of ether oxygens (including phenoxy) is 5. The molecule has 0 aliphatic carbocycles. The zero-order chi connectivity index (χ0) is 33.3. The molecule has 0 bridgehead atoms. The van der Waals surface area contributed by atoms with Crippen LogP contribution in [0.25, 0.3) is 11.2 Å². The minimum Gasteiger partial charge on any atom is -0.374 e. The lowest BCUT2D eigenvalue weighted by Crippen LogP contribution is -2.59. The molecule has 49 heavy (non-hydrogen) atoms. The quantitative estimate of drug-likeness (QED) is 0.111. The number of benzene rings is 4. The first kappa shape index (κ1) is 33.0. The van der Waals surface area contributed by atoms with Crippen molar-refractivity contribution in [3.05, 3.63) is 161 Å². The number of nitrogens with zero attached hydrogens (tertiary/aromatic N) is 4. The second kappa shape index (κ2) is 16.3. The molecule has 0 unspecified atom stereocenters. The second-order valence-electron chi connectivity index (χ2n) is 11.8. The Labute approximate surface area is 290 Å². The summed E-state index contributed by atoms with van der Waals surface area (Å²) in [5.41, 5.74) is 5.12. The van der Waals surface area contributed by atoms with Crippen LogP contribution in [0.2, 0.25) is 5.15 Å². The highest BCUT2D eigenvalue weighted by molar-refractivity contribution is 6.33. The van der Waals surface area contributed by atoms with E-state index in [-0.39, 0.29) is 11.8 Å². The Morgan fingerprint density at radius 1 is 0.571 bits per heavy atom. The Bertz CT molecular complexity index is 1880. The third-order valence-corrected chi connectivity index (χ3v) is 8.72. The zero-order valence-electron chi connectivity index (χ0n) is 26.8. The van der Waals surface area contributed by atoms with Crippen LogP contribution in [0.3, 0.4) is 0 Å². The predicted molar refractivity (Wildman–Crippen MR) is 185 cm³/mol. The standard InChI is InChI=1S/C39H37ClN4O5/c40-37-33-38(42-26-41-37)44(27-43-33)39-36(48-24-31-19-11-4-12-20-31)35(47-23-30-17-9-3-10-18-30)34(46-22-29-15-7-2-8-16-29)32(49-39)25-45-21-28-13-5-1-6-14-28/h1-20,26-27,32,34-36,39H,21-25H2/t32-,34-,35+,36-,39-/m1/s1. The molecule has 0 saturated carbocycles. The van der Waals surface area contributed by atoms with Gasteiger partial charge < -0.3 is 23.7 Å². The van der Waals surface area contributed by atoms with Crippen molar-refractivity contribution in [3.8, 4) is 0 Å². The number of aromatic nitrogens is 4. The molecule has 1 fully saturated rings. The van der Waals surface area contributed by atoms with Gasteiger partial charge in [0.1, 0.15) is 36.3 Å². The van der Waals surface area contributed by atoms with Crippen molar-refractivity contribution in [1.29, 1.82) is 0 Å². The molecule has 1 saturated heterocycles. The highest BCUT2D eigenvalue weighted by Crippen LogP contribution is 2.37. The molecule has 0 amide bonds.